The lowest BCUT2D eigenvalue weighted by molar-refractivity contribution is 0.0701. The Kier molecular flexibility index (Phi) is 4.13. The maximum atomic E-state index is 11.1. The molecule has 106 valence electrons. The summed E-state index contributed by atoms with van der Waals surface area (Å²) >= 11 is 1.30. The number of aromatic carboxylic acids is 1. The fraction of sp³-hybridized carbons (Fsp3) is 0.714. The number of rotatable bonds is 4. The molecule has 1 aromatic rings. The van der Waals surface area contributed by atoms with Crippen LogP contribution >= 0.6 is 11.3 Å². The molecule has 1 aliphatic rings. The Labute approximate surface area is 118 Å². The fourth-order valence-corrected chi connectivity index (χ4v) is 3.80. The average molecular weight is 282 g/mol. The second kappa shape index (κ2) is 5.49. The van der Waals surface area contributed by atoms with Crippen molar-refractivity contribution in [3.63, 3.8) is 0 Å². The molecule has 1 saturated heterocycles. The molecule has 0 unspecified atom stereocenters. The SMILES string of the molecule is CCC1(CC)CCN(c2nc(C)c(C(=O)O)s2)CC1. The summed E-state index contributed by atoms with van der Waals surface area (Å²) in [6.07, 6.45) is 4.82. The number of thiazole rings is 1. The average Bonchev–Trinajstić information content (AvgIpc) is 2.81. The highest BCUT2D eigenvalue weighted by Gasteiger charge is 2.32. The first-order valence-corrected chi connectivity index (χ1v) is 7.78. The monoisotopic (exact) mass is 282 g/mol. The summed E-state index contributed by atoms with van der Waals surface area (Å²) < 4.78 is 0. The van der Waals surface area contributed by atoms with E-state index in [0.717, 1.165) is 18.2 Å². The van der Waals surface area contributed by atoms with E-state index in [9.17, 15) is 4.79 Å². The lowest BCUT2D eigenvalue weighted by Gasteiger charge is -2.40. The van der Waals surface area contributed by atoms with Gasteiger partial charge in [-0.15, -0.1) is 0 Å². The first-order valence-electron chi connectivity index (χ1n) is 6.97. The van der Waals surface area contributed by atoms with Gasteiger partial charge in [-0.3, -0.25) is 0 Å². The van der Waals surface area contributed by atoms with Crippen LogP contribution in [0.5, 0.6) is 0 Å². The van der Waals surface area contributed by atoms with Gasteiger partial charge in [-0.05, 0) is 25.2 Å². The van der Waals surface area contributed by atoms with Crippen molar-refractivity contribution in [2.45, 2.75) is 46.5 Å². The molecule has 1 fully saturated rings. The molecular formula is C14H22N2O2S. The number of anilines is 1. The van der Waals surface area contributed by atoms with E-state index in [1.807, 2.05) is 0 Å². The van der Waals surface area contributed by atoms with Crippen molar-refractivity contribution in [3.8, 4) is 0 Å². The van der Waals surface area contributed by atoms with Crippen LogP contribution in [-0.2, 0) is 0 Å². The zero-order valence-electron chi connectivity index (χ0n) is 11.9. The molecule has 1 aliphatic heterocycles. The third kappa shape index (κ3) is 2.76. The number of nitrogens with zero attached hydrogens (tertiary/aromatic N) is 2. The first kappa shape index (κ1) is 14.3. The molecule has 0 saturated carbocycles. The summed E-state index contributed by atoms with van der Waals surface area (Å²) in [5.41, 5.74) is 1.12. The van der Waals surface area contributed by atoms with Crippen molar-refractivity contribution in [2.75, 3.05) is 18.0 Å². The summed E-state index contributed by atoms with van der Waals surface area (Å²) in [5.74, 6) is -0.866. The topological polar surface area (TPSA) is 53.4 Å². The van der Waals surface area contributed by atoms with Gasteiger partial charge in [0.15, 0.2) is 5.13 Å². The van der Waals surface area contributed by atoms with Gasteiger partial charge in [0.2, 0.25) is 0 Å². The maximum absolute atomic E-state index is 11.1. The van der Waals surface area contributed by atoms with Crippen LogP contribution in [-0.4, -0.2) is 29.1 Å². The van der Waals surface area contributed by atoms with Crippen LogP contribution in [0.2, 0.25) is 0 Å². The van der Waals surface area contributed by atoms with Crippen LogP contribution in [0.15, 0.2) is 0 Å². The Morgan fingerprint density at radius 1 is 1.37 bits per heavy atom. The summed E-state index contributed by atoms with van der Waals surface area (Å²) in [5, 5.41) is 9.96. The zero-order valence-corrected chi connectivity index (χ0v) is 12.7. The number of piperidine rings is 1. The van der Waals surface area contributed by atoms with Crippen LogP contribution in [0.4, 0.5) is 5.13 Å². The molecule has 0 amide bonds. The summed E-state index contributed by atoms with van der Waals surface area (Å²) in [6, 6.07) is 0. The molecule has 0 aromatic carbocycles. The highest BCUT2D eigenvalue weighted by molar-refractivity contribution is 7.17. The Balaban J connectivity index is 2.09. The standard InChI is InChI=1S/C14H22N2O2S/c1-4-14(5-2)6-8-16(9-7-14)13-15-10(3)11(19-13)12(17)18/h4-9H2,1-3H3,(H,17,18). The minimum absolute atomic E-state index is 0.373. The summed E-state index contributed by atoms with van der Waals surface area (Å²) in [4.78, 5) is 18.1. The lowest BCUT2D eigenvalue weighted by atomic mass is 9.74. The molecule has 4 nitrogen and oxygen atoms in total. The van der Waals surface area contributed by atoms with Crippen molar-refractivity contribution in [2.24, 2.45) is 5.41 Å². The minimum Gasteiger partial charge on any atom is -0.477 e. The highest BCUT2D eigenvalue weighted by atomic mass is 32.1. The van der Waals surface area contributed by atoms with Crippen molar-refractivity contribution in [1.29, 1.82) is 0 Å². The molecule has 0 radical (unpaired) electrons. The summed E-state index contributed by atoms with van der Waals surface area (Å²) in [6.45, 7) is 8.31. The number of hydrogen-bond acceptors (Lipinski definition) is 4. The van der Waals surface area contributed by atoms with E-state index in [-0.39, 0.29) is 0 Å². The Morgan fingerprint density at radius 2 is 1.95 bits per heavy atom. The Bertz CT molecular complexity index is 456. The van der Waals surface area contributed by atoms with E-state index < -0.39 is 5.97 Å². The number of aryl methyl sites for hydroxylation is 1. The molecule has 0 atom stereocenters. The normalized spacial score (nSPS) is 18.6. The van der Waals surface area contributed by atoms with Crippen molar-refractivity contribution in [3.05, 3.63) is 10.6 Å². The van der Waals surface area contributed by atoms with E-state index in [0.29, 0.717) is 16.0 Å². The van der Waals surface area contributed by atoms with Gasteiger partial charge in [0.05, 0.1) is 5.69 Å². The molecule has 1 N–H and O–H groups in total. The summed E-state index contributed by atoms with van der Waals surface area (Å²) in [7, 11) is 0. The largest absolute Gasteiger partial charge is 0.477 e. The number of aromatic nitrogens is 1. The predicted molar refractivity (Wildman–Crippen MR) is 78.3 cm³/mol. The lowest BCUT2D eigenvalue weighted by Crippen LogP contribution is -2.39. The molecular weight excluding hydrogens is 260 g/mol. The van der Waals surface area contributed by atoms with Crippen molar-refractivity contribution < 1.29 is 9.90 Å². The molecule has 19 heavy (non-hydrogen) atoms. The van der Waals surface area contributed by atoms with Crippen LogP contribution in [0.25, 0.3) is 0 Å². The minimum atomic E-state index is -0.866. The van der Waals surface area contributed by atoms with Gasteiger partial charge in [0.25, 0.3) is 0 Å². The van der Waals surface area contributed by atoms with Gasteiger partial charge < -0.3 is 10.0 Å². The van der Waals surface area contributed by atoms with Crippen molar-refractivity contribution >= 4 is 22.4 Å². The second-order valence-corrected chi connectivity index (χ2v) is 6.39. The molecule has 0 bridgehead atoms. The van der Waals surface area contributed by atoms with Crippen molar-refractivity contribution in [1.82, 2.24) is 4.98 Å². The number of hydrogen-bond donors (Lipinski definition) is 1. The second-order valence-electron chi connectivity index (χ2n) is 5.41. The quantitative estimate of drug-likeness (QED) is 0.917. The van der Waals surface area contributed by atoms with E-state index in [1.54, 1.807) is 6.92 Å². The predicted octanol–water partition coefficient (Wildman–Crippen LogP) is 3.56. The van der Waals surface area contributed by atoms with E-state index >= 15 is 0 Å². The highest BCUT2D eigenvalue weighted by Crippen LogP contribution is 2.40. The van der Waals surface area contributed by atoms with Gasteiger partial charge in [-0.25, -0.2) is 9.78 Å². The molecule has 1 aromatic heterocycles. The third-order valence-corrected chi connectivity index (χ3v) is 5.78. The molecule has 2 rings (SSSR count). The number of carbonyl (C=O) groups is 1. The van der Waals surface area contributed by atoms with Crippen LogP contribution < -0.4 is 4.90 Å². The maximum Gasteiger partial charge on any atom is 0.347 e. The van der Waals surface area contributed by atoms with Gasteiger partial charge in [-0.2, -0.15) is 0 Å². The first-order chi connectivity index (χ1) is 9.01. The Hall–Kier alpha value is -1.10. The van der Waals surface area contributed by atoms with Gasteiger partial charge in [-0.1, -0.05) is 38.0 Å². The molecule has 5 heteroatoms. The van der Waals surface area contributed by atoms with E-state index in [1.165, 1.54) is 37.0 Å². The van der Waals surface area contributed by atoms with Gasteiger partial charge in [0.1, 0.15) is 4.88 Å². The van der Waals surface area contributed by atoms with Crippen LogP contribution in [0.1, 0.15) is 54.9 Å². The Morgan fingerprint density at radius 3 is 2.37 bits per heavy atom. The third-order valence-electron chi connectivity index (χ3n) is 4.57. The number of carboxylic acids is 1. The van der Waals surface area contributed by atoms with E-state index in [4.69, 9.17) is 5.11 Å². The molecule has 0 aliphatic carbocycles. The van der Waals surface area contributed by atoms with Gasteiger partial charge in [0, 0.05) is 13.1 Å². The zero-order chi connectivity index (χ0) is 14.0. The van der Waals surface area contributed by atoms with Crippen LogP contribution in [0.3, 0.4) is 0 Å². The smallest absolute Gasteiger partial charge is 0.347 e. The molecule has 2 heterocycles. The van der Waals surface area contributed by atoms with Gasteiger partial charge >= 0.3 is 5.97 Å². The number of carboxylic acid groups (broad SMARTS) is 1. The van der Waals surface area contributed by atoms with E-state index in [2.05, 4.69) is 23.7 Å². The molecule has 0 spiro atoms. The van der Waals surface area contributed by atoms with Crippen LogP contribution in [0, 0.1) is 12.3 Å². The fourth-order valence-electron chi connectivity index (χ4n) is 2.85.